The van der Waals surface area contributed by atoms with Gasteiger partial charge < -0.3 is 11.1 Å². The van der Waals surface area contributed by atoms with E-state index in [1.807, 2.05) is 36.4 Å². The van der Waals surface area contributed by atoms with Crippen molar-refractivity contribution in [2.75, 3.05) is 11.1 Å². The van der Waals surface area contributed by atoms with E-state index in [1.54, 1.807) is 12.1 Å². The van der Waals surface area contributed by atoms with Crippen LogP contribution in [-0.2, 0) is 13.0 Å². The fourth-order valence-corrected chi connectivity index (χ4v) is 3.01. The summed E-state index contributed by atoms with van der Waals surface area (Å²) >= 11 is 0. The van der Waals surface area contributed by atoms with Crippen molar-refractivity contribution in [3.8, 4) is 0 Å². The van der Waals surface area contributed by atoms with Crippen molar-refractivity contribution in [3.05, 3.63) is 76.6 Å². The molecule has 8 nitrogen and oxygen atoms in total. The summed E-state index contributed by atoms with van der Waals surface area (Å²) in [6.07, 6.45) is 2.36. The number of benzene rings is 2. The number of anilines is 3. The summed E-state index contributed by atoms with van der Waals surface area (Å²) in [5.41, 5.74) is 8.40. The van der Waals surface area contributed by atoms with Crippen LogP contribution in [0.15, 0.2) is 59.7 Å². The molecule has 0 unspecified atom stereocenters. The molecule has 3 N–H and O–H groups in total. The van der Waals surface area contributed by atoms with Crippen molar-refractivity contribution >= 4 is 28.5 Å². The van der Waals surface area contributed by atoms with Crippen molar-refractivity contribution in [2.24, 2.45) is 0 Å². The van der Waals surface area contributed by atoms with E-state index < -0.39 is 0 Å². The molecule has 0 atom stereocenters. The van der Waals surface area contributed by atoms with E-state index in [0.717, 1.165) is 17.7 Å². The van der Waals surface area contributed by atoms with Gasteiger partial charge in [0.1, 0.15) is 0 Å². The molecule has 2 heterocycles. The fraction of sp³-hybridized carbons (Fsp3) is 0.150. The van der Waals surface area contributed by atoms with Crippen LogP contribution in [0.5, 0.6) is 0 Å². The van der Waals surface area contributed by atoms with Crippen LogP contribution in [0.3, 0.4) is 0 Å². The number of hydrogen-bond donors (Lipinski definition) is 2. The molecule has 0 radical (unpaired) electrons. The minimum absolute atomic E-state index is 0.0864. The maximum atomic E-state index is 12.7. The second-order valence-electron chi connectivity index (χ2n) is 6.26. The molecule has 0 aliphatic heterocycles. The molecule has 140 valence electrons. The van der Waals surface area contributed by atoms with Gasteiger partial charge in [0.05, 0.1) is 23.8 Å². The number of aromatic nitrogens is 5. The van der Waals surface area contributed by atoms with Crippen molar-refractivity contribution in [2.45, 2.75) is 19.9 Å². The molecule has 0 aliphatic carbocycles. The van der Waals surface area contributed by atoms with E-state index in [-0.39, 0.29) is 18.1 Å². The quantitative estimate of drug-likeness (QED) is 0.553. The van der Waals surface area contributed by atoms with E-state index in [4.69, 9.17) is 5.73 Å². The van der Waals surface area contributed by atoms with E-state index in [2.05, 4.69) is 32.2 Å². The number of hydrogen-bond acceptors (Lipinski definition) is 7. The molecule has 0 amide bonds. The average molecular weight is 373 g/mol. The molecule has 4 aromatic rings. The SMILES string of the molecule is CCc1ccccc1Nc1nc(N)nc(Cn2cnc3ccccc3c2=O)n1. The zero-order valence-electron chi connectivity index (χ0n) is 15.3. The number of nitrogen functional groups attached to an aromatic ring is 1. The third-order valence-corrected chi connectivity index (χ3v) is 4.39. The van der Waals surface area contributed by atoms with E-state index in [0.29, 0.717) is 22.7 Å². The molecule has 2 aromatic carbocycles. The van der Waals surface area contributed by atoms with Crippen LogP contribution < -0.4 is 16.6 Å². The van der Waals surface area contributed by atoms with Crippen LogP contribution in [0.25, 0.3) is 10.9 Å². The lowest BCUT2D eigenvalue weighted by Gasteiger charge is -2.11. The van der Waals surface area contributed by atoms with Crippen LogP contribution in [0.2, 0.25) is 0 Å². The zero-order valence-corrected chi connectivity index (χ0v) is 15.3. The average Bonchev–Trinajstić information content (AvgIpc) is 2.70. The number of rotatable bonds is 5. The Hall–Kier alpha value is -3.81. The van der Waals surface area contributed by atoms with E-state index in [1.165, 1.54) is 10.9 Å². The Balaban J connectivity index is 1.66. The number of para-hydroxylation sites is 2. The molecule has 0 aliphatic rings. The van der Waals surface area contributed by atoms with Crippen molar-refractivity contribution in [1.29, 1.82) is 0 Å². The number of nitrogens with zero attached hydrogens (tertiary/aromatic N) is 5. The highest BCUT2D eigenvalue weighted by Gasteiger charge is 2.10. The minimum Gasteiger partial charge on any atom is -0.368 e. The molecule has 0 bridgehead atoms. The second-order valence-corrected chi connectivity index (χ2v) is 6.26. The lowest BCUT2D eigenvalue weighted by Crippen LogP contribution is -2.22. The molecule has 2 aromatic heterocycles. The number of fused-ring (bicyclic) bond motifs is 1. The van der Waals surface area contributed by atoms with Crippen LogP contribution in [0.4, 0.5) is 17.6 Å². The second kappa shape index (κ2) is 7.43. The zero-order chi connectivity index (χ0) is 19.5. The largest absolute Gasteiger partial charge is 0.368 e. The molecule has 0 saturated carbocycles. The molecule has 0 fully saturated rings. The Morgan fingerprint density at radius 2 is 1.82 bits per heavy atom. The first-order valence-electron chi connectivity index (χ1n) is 8.93. The fourth-order valence-electron chi connectivity index (χ4n) is 3.01. The Morgan fingerprint density at radius 3 is 2.68 bits per heavy atom. The van der Waals surface area contributed by atoms with Gasteiger partial charge in [-0.05, 0) is 30.2 Å². The predicted molar refractivity (Wildman–Crippen MR) is 108 cm³/mol. The van der Waals surface area contributed by atoms with Crippen LogP contribution >= 0.6 is 0 Å². The van der Waals surface area contributed by atoms with Gasteiger partial charge >= 0.3 is 0 Å². The summed E-state index contributed by atoms with van der Waals surface area (Å²) < 4.78 is 1.46. The first-order valence-corrected chi connectivity index (χ1v) is 8.93. The molecular formula is C20H19N7O. The van der Waals surface area contributed by atoms with Crippen molar-refractivity contribution in [3.63, 3.8) is 0 Å². The molecule has 8 heteroatoms. The first-order chi connectivity index (χ1) is 13.6. The third-order valence-electron chi connectivity index (χ3n) is 4.39. The Bertz CT molecular complexity index is 1200. The van der Waals surface area contributed by atoms with Gasteiger partial charge in [0, 0.05) is 5.69 Å². The molecule has 0 saturated heterocycles. The Labute approximate surface area is 161 Å². The molecule has 28 heavy (non-hydrogen) atoms. The highest BCUT2D eigenvalue weighted by atomic mass is 16.1. The highest BCUT2D eigenvalue weighted by Crippen LogP contribution is 2.19. The van der Waals surface area contributed by atoms with Crippen LogP contribution in [0, 0.1) is 0 Å². The van der Waals surface area contributed by atoms with Crippen molar-refractivity contribution in [1.82, 2.24) is 24.5 Å². The van der Waals surface area contributed by atoms with Crippen molar-refractivity contribution < 1.29 is 0 Å². The summed E-state index contributed by atoms with van der Waals surface area (Å²) in [6, 6.07) is 15.1. The standard InChI is InChI=1S/C20H19N7O/c1-2-13-7-3-5-9-15(13)23-20-25-17(24-19(21)26-20)11-27-12-22-16-10-6-4-8-14(16)18(27)28/h3-10,12H,2,11H2,1H3,(H3,21,23,24,25,26). The number of nitrogens with one attached hydrogen (secondary N) is 1. The van der Waals surface area contributed by atoms with E-state index >= 15 is 0 Å². The smallest absolute Gasteiger partial charge is 0.261 e. The lowest BCUT2D eigenvalue weighted by molar-refractivity contribution is 0.704. The maximum Gasteiger partial charge on any atom is 0.261 e. The van der Waals surface area contributed by atoms with Gasteiger partial charge in [0.2, 0.25) is 11.9 Å². The topological polar surface area (TPSA) is 112 Å². The molecule has 4 rings (SSSR count). The van der Waals surface area contributed by atoms with Crippen LogP contribution in [-0.4, -0.2) is 24.5 Å². The Kier molecular flexibility index (Phi) is 4.67. The monoisotopic (exact) mass is 373 g/mol. The summed E-state index contributed by atoms with van der Waals surface area (Å²) in [5.74, 6) is 0.802. The van der Waals surface area contributed by atoms with Gasteiger partial charge in [-0.15, -0.1) is 0 Å². The molecular weight excluding hydrogens is 354 g/mol. The number of nitrogens with two attached hydrogens (primary N) is 1. The van der Waals surface area contributed by atoms with E-state index in [9.17, 15) is 4.79 Å². The van der Waals surface area contributed by atoms with Gasteiger partial charge in [-0.1, -0.05) is 37.3 Å². The van der Waals surface area contributed by atoms with Gasteiger partial charge in [-0.25, -0.2) is 4.98 Å². The van der Waals surface area contributed by atoms with Gasteiger partial charge in [-0.3, -0.25) is 9.36 Å². The predicted octanol–water partition coefficient (Wildman–Crippen LogP) is 2.52. The Morgan fingerprint density at radius 1 is 1.04 bits per heavy atom. The number of aryl methyl sites for hydroxylation is 1. The first kappa shape index (κ1) is 17.6. The summed E-state index contributed by atoms with van der Waals surface area (Å²) in [4.78, 5) is 29.7. The summed E-state index contributed by atoms with van der Waals surface area (Å²) in [5, 5.41) is 3.73. The van der Waals surface area contributed by atoms with Gasteiger partial charge in [0.15, 0.2) is 5.82 Å². The summed E-state index contributed by atoms with van der Waals surface area (Å²) in [7, 11) is 0. The van der Waals surface area contributed by atoms with Crippen LogP contribution in [0.1, 0.15) is 18.3 Å². The van der Waals surface area contributed by atoms with Gasteiger partial charge in [-0.2, -0.15) is 15.0 Å². The third kappa shape index (κ3) is 3.52. The summed E-state index contributed by atoms with van der Waals surface area (Å²) in [6.45, 7) is 2.22. The normalized spacial score (nSPS) is 10.9. The highest BCUT2D eigenvalue weighted by molar-refractivity contribution is 5.76. The molecule has 0 spiro atoms. The minimum atomic E-state index is -0.157. The lowest BCUT2D eigenvalue weighted by atomic mass is 10.1. The van der Waals surface area contributed by atoms with Gasteiger partial charge in [0.25, 0.3) is 5.56 Å². The maximum absolute atomic E-state index is 12.7.